The third-order valence-electron chi connectivity index (χ3n) is 2.20. The molecule has 0 N–H and O–H groups in total. The van der Waals surface area contributed by atoms with E-state index in [-0.39, 0.29) is 5.41 Å². The van der Waals surface area contributed by atoms with E-state index in [0.717, 1.165) is 23.2 Å². The molecule has 0 fully saturated rings. The van der Waals surface area contributed by atoms with E-state index in [2.05, 4.69) is 34.9 Å². The highest BCUT2D eigenvalue weighted by atomic mass is 79.9. The van der Waals surface area contributed by atoms with E-state index in [4.69, 9.17) is 4.52 Å². The van der Waals surface area contributed by atoms with E-state index in [0.29, 0.717) is 0 Å². The molecule has 74 valence electrons. The van der Waals surface area contributed by atoms with Crippen LogP contribution >= 0.6 is 15.9 Å². The average molecular weight is 246 g/mol. The number of alkyl halides is 1. The molecular weight excluding hydrogens is 230 g/mol. The third-order valence-corrected chi connectivity index (χ3v) is 3.72. The fourth-order valence-corrected chi connectivity index (χ4v) is 1.48. The monoisotopic (exact) mass is 245 g/mol. The van der Waals surface area contributed by atoms with Gasteiger partial charge in [-0.25, -0.2) is 0 Å². The summed E-state index contributed by atoms with van der Waals surface area (Å²) < 4.78 is 5.12. The Bertz CT molecular complexity index is 272. The van der Waals surface area contributed by atoms with Gasteiger partial charge in [-0.15, -0.1) is 0 Å². The molecule has 3 heteroatoms. The first-order valence-electron chi connectivity index (χ1n) is 4.44. The second-order valence-corrected chi connectivity index (χ2v) is 4.84. The second kappa shape index (κ2) is 3.82. The molecule has 0 aliphatic carbocycles. The first kappa shape index (κ1) is 10.8. The van der Waals surface area contributed by atoms with Crippen molar-refractivity contribution in [2.24, 2.45) is 5.41 Å². The van der Waals surface area contributed by atoms with Gasteiger partial charge in [0, 0.05) is 10.9 Å². The summed E-state index contributed by atoms with van der Waals surface area (Å²) in [5.74, 6) is 0.950. The number of aromatic nitrogens is 1. The predicted molar refractivity (Wildman–Crippen MR) is 57.3 cm³/mol. The van der Waals surface area contributed by atoms with E-state index in [1.165, 1.54) is 5.56 Å². The number of halogens is 1. The van der Waals surface area contributed by atoms with Crippen LogP contribution < -0.4 is 0 Å². The Morgan fingerprint density at radius 3 is 2.38 bits per heavy atom. The molecule has 0 bridgehead atoms. The van der Waals surface area contributed by atoms with Gasteiger partial charge in [0.05, 0.1) is 5.69 Å². The zero-order valence-corrected chi connectivity index (χ0v) is 10.2. The summed E-state index contributed by atoms with van der Waals surface area (Å²) in [5, 5.41) is 4.93. The Hall–Kier alpha value is -0.310. The molecule has 13 heavy (non-hydrogen) atoms. The summed E-state index contributed by atoms with van der Waals surface area (Å²) in [5.41, 5.74) is 2.54. The normalized spacial score (nSPS) is 12.1. The Morgan fingerprint density at radius 1 is 1.38 bits per heavy atom. The molecule has 0 aromatic carbocycles. The van der Waals surface area contributed by atoms with Gasteiger partial charge in [0.15, 0.2) is 0 Å². The predicted octanol–water partition coefficient (Wildman–Crippen LogP) is 3.26. The van der Waals surface area contributed by atoms with Gasteiger partial charge in [0.25, 0.3) is 0 Å². The Labute approximate surface area is 87.8 Å². The number of rotatable bonds is 3. The van der Waals surface area contributed by atoms with Crippen molar-refractivity contribution >= 4 is 15.9 Å². The molecular formula is C10H16BrNO. The van der Waals surface area contributed by atoms with Crippen LogP contribution in [0.5, 0.6) is 0 Å². The quantitative estimate of drug-likeness (QED) is 0.765. The number of hydrogen-bond donors (Lipinski definition) is 0. The summed E-state index contributed by atoms with van der Waals surface area (Å²) in [4.78, 5) is 0. The molecule has 0 aliphatic heterocycles. The Kier molecular flexibility index (Phi) is 3.17. The van der Waals surface area contributed by atoms with Crippen LogP contribution in [0.1, 0.15) is 30.9 Å². The molecule has 1 rings (SSSR count). The molecule has 0 spiro atoms. The van der Waals surface area contributed by atoms with Gasteiger partial charge in [-0.2, -0.15) is 0 Å². The first-order chi connectivity index (χ1) is 5.96. The topological polar surface area (TPSA) is 26.0 Å². The number of aryl methyl sites for hydroxylation is 2. The van der Waals surface area contributed by atoms with Crippen molar-refractivity contribution in [2.75, 3.05) is 5.33 Å². The molecule has 0 amide bonds. The van der Waals surface area contributed by atoms with Crippen LogP contribution in [0.3, 0.4) is 0 Å². The van der Waals surface area contributed by atoms with E-state index in [1.54, 1.807) is 0 Å². The minimum Gasteiger partial charge on any atom is -0.361 e. The lowest BCUT2D eigenvalue weighted by atomic mass is 9.87. The summed E-state index contributed by atoms with van der Waals surface area (Å²) in [6, 6.07) is 0. The molecule has 1 aromatic rings. The van der Waals surface area contributed by atoms with Crippen molar-refractivity contribution in [2.45, 2.75) is 34.1 Å². The maximum Gasteiger partial charge on any atom is 0.137 e. The minimum absolute atomic E-state index is 0.265. The first-order valence-corrected chi connectivity index (χ1v) is 5.56. The molecule has 0 saturated carbocycles. The zero-order chi connectivity index (χ0) is 10.1. The zero-order valence-electron chi connectivity index (χ0n) is 8.65. The highest BCUT2D eigenvalue weighted by Gasteiger charge is 2.21. The van der Waals surface area contributed by atoms with Crippen LogP contribution in [0.4, 0.5) is 0 Å². The lowest BCUT2D eigenvalue weighted by molar-refractivity contribution is 0.386. The third kappa shape index (κ3) is 2.56. The van der Waals surface area contributed by atoms with Crippen molar-refractivity contribution in [1.82, 2.24) is 5.16 Å². The Morgan fingerprint density at radius 2 is 2.00 bits per heavy atom. The average Bonchev–Trinajstić information content (AvgIpc) is 2.36. The van der Waals surface area contributed by atoms with Crippen LogP contribution in [0.2, 0.25) is 0 Å². The minimum atomic E-state index is 0.265. The maximum absolute atomic E-state index is 5.12. The lowest BCUT2D eigenvalue weighted by Gasteiger charge is -2.20. The van der Waals surface area contributed by atoms with Crippen molar-refractivity contribution in [3.8, 4) is 0 Å². The lowest BCUT2D eigenvalue weighted by Crippen LogP contribution is -2.17. The second-order valence-electron chi connectivity index (χ2n) is 4.28. The van der Waals surface area contributed by atoms with Crippen LogP contribution in [0, 0.1) is 19.3 Å². The molecule has 0 aliphatic rings. The smallest absolute Gasteiger partial charge is 0.137 e. The molecule has 1 heterocycles. The summed E-state index contributed by atoms with van der Waals surface area (Å²) in [6.07, 6.45) is 1.01. The molecule has 0 saturated heterocycles. The van der Waals surface area contributed by atoms with E-state index >= 15 is 0 Å². The fourth-order valence-electron chi connectivity index (χ4n) is 1.28. The number of nitrogens with zero attached hydrogens (tertiary/aromatic N) is 1. The van der Waals surface area contributed by atoms with E-state index < -0.39 is 0 Å². The van der Waals surface area contributed by atoms with Gasteiger partial charge in [-0.1, -0.05) is 34.9 Å². The maximum atomic E-state index is 5.12. The summed E-state index contributed by atoms with van der Waals surface area (Å²) in [6.45, 7) is 8.43. The van der Waals surface area contributed by atoms with Crippen LogP contribution in [-0.4, -0.2) is 10.5 Å². The summed E-state index contributed by atoms with van der Waals surface area (Å²) >= 11 is 3.51. The molecule has 0 unspecified atom stereocenters. The van der Waals surface area contributed by atoms with Crippen molar-refractivity contribution < 1.29 is 4.52 Å². The van der Waals surface area contributed by atoms with Gasteiger partial charge >= 0.3 is 0 Å². The van der Waals surface area contributed by atoms with Gasteiger partial charge in [0.2, 0.25) is 0 Å². The van der Waals surface area contributed by atoms with Crippen molar-refractivity contribution in [3.63, 3.8) is 0 Å². The van der Waals surface area contributed by atoms with E-state index in [1.807, 2.05) is 13.8 Å². The SMILES string of the molecule is Cc1noc(C)c1CC(C)(C)CBr. The molecule has 1 aromatic heterocycles. The van der Waals surface area contributed by atoms with Crippen molar-refractivity contribution in [3.05, 3.63) is 17.0 Å². The summed E-state index contributed by atoms with van der Waals surface area (Å²) in [7, 11) is 0. The van der Waals surface area contributed by atoms with Crippen LogP contribution in [0.25, 0.3) is 0 Å². The largest absolute Gasteiger partial charge is 0.361 e. The molecule has 0 atom stereocenters. The van der Waals surface area contributed by atoms with Gasteiger partial charge in [-0.05, 0) is 25.7 Å². The van der Waals surface area contributed by atoms with Gasteiger partial charge < -0.3 is 4.52 Å². The molecule has 0 radical (unpaired) electrons. The molecule has 2 nitrogen and oxygen atoms in total. The van der Waals surface area contributed by atoms with Crippen molar-refractivity contribution in [1.29, 1.82) is 0 Å². The number of hydrogen-bond acceptors (Lipinski definition) is 2. The van der Waals surface area contributed by atoms with E-state index in [9.17, 15) is 0 Å². The highest BCUT2D eigenvalue weighted by Crippen LogP contribution is 2.27. The highest BCUT2D eigenvalue weighted by molar-refractivity contribution is 9.09. The fraction of sp³-hybridized carbons (Fsp3) is 0.700. The Balaban J connectivity index is 2.85. The van der Waals surface area contributed by atoms with Gasteiger partial charge in [0.1, 0.15) is 5.76 Å². The van der Waals surface area contributed by atoms with Gasteiger partial charge in [-0.3, -0.25) is 0 Å². The van der Waals surface area contributed by atoms with Crippen LogP contribution in [-0.2, 0) is 6.42 Å². The van der Waals surface area contributed by atoms with Crippen LogP contribution in [0.15, 0.2) is 4.52 Å². The standard InChI is InChI=1S/C10H16BrNO/c1-7-9(8(2)13-12-7)5-10(3,4)6-11/h5-6H2,1-4H3.